The molecule has 0 fully saturated rings. The standard InChI is InChI=1S/C12H19NOS/c1-4-10(8-13)15-11-5-6-12(14-3)9(2)7-11/h5-7,10H,4,8,13H2,1-3H3. The number of ether oxygens (including phenoxy) is 1. The first-order chi connectivity index (χ1) is 7.21. The molecule has 1 aromatic carbocycles. The van der Waals surface area contributed by atoms with Crippen molar-refractivity contribution in [2.75, 3.05) is 13.7 Å². The fraction of sp³-hybridized carbons (Fsp3) is 0.500. The van der Waals surface area contributed by atoms with Crippen LogP contribution in [0.5, 0.6) is 5.75 Å². The molecule has 0 aliphatic heterocycles. The van der Waals surface area contributed by atoms with Gasteiger partial charge in [0.1, 0.15) is 5.75 Å². The lowest BCUT2D eigenvalue weighted by Gasteiger charge is -2.13. The van der Waals surface area contributed by atoms with Crippen LogP contribution in [-0.4, -0.2) is 18.9 Å². The zero-order chi connectivity index (χ0) is 11.3. The van der Waals surface area contributed by atoms with Gasteiger partial charge in [0.05, 0.1) is 7.11 Å². The highest BCUT2D eigenvalue weighted by Gasteiger charge is 2.07. The van der Waals surface area contributed by atoms with Crippen LogP contribution in [0.25, 0.3) is 0 Å². The van der Waals surface area contributed by atoms with Crippen molar-refractivity contribution in [3.63, 3.8) is 0 Å². The molecule has 0 radical (unpaired) electrons. The second-order valence-electron chi connectivity index (χ2n) is 3.52. The summed E-state index contributed by atoms with van der Waals surface area (Å²) in [6, 6.07) is 6.26. The van der Waals surface area contributed by atoms with E-state index in [0.717, 1.165) is 18.7 Å². The van der Waals surface area contributed by atoms with E-state index in [0.29, 0.717) is 5.25 Å². The van der Waals surface area contributed by atoms with Gasteiger partial charge in [-0.1, -0.05) is 6.92 Å². The third-order valence-corrected chi connectivity index (χ3v) is 3.77. The molecule has 3 heteroatoms. The van der Waals surface area contributed by atoms with E-state index in [9.17, 15) is 0 Å². The smallest absolute Gasteiger partial charge is 0.121 e. The van der Waals surface area contributed by atoms with Crippen molar-refractivity contribution in [3.05, 3.63) is 23.8 Å². The van der Waals surface area contributed by atoms with Gasteiger partial charge in [0.25, 0.3) is 0 Å². The van der Waals surface area contributed by atoms with Crippen molar-refractivity contribution in [2.24, 2.45) is 5.73 Å². The van der Waals surface area contributed by atoms with Gasteiger partial charge in [-0.15, -0.1) is 11.8 Å². The molecule has 84 valence electrons. The molecule has 2 N–H and O–H groups in total. The maximum atomic E-state index is 5.68. The Bertz CT molecular complexity index is 310. The summed E-state index contributed by atoms with van der Waals surface area (Å²) in [5.74, 6) is 0.945. The van der Waals surface area contributed by atoms with Crippen molar-refractivity contribution in [1.29, 1.82) is 0 Å². The average molecular weight is 225 g/mol. The van der Waals surface area contributed by atoms with Gasteiger partial charge >= 0.3 is 0 Å². The lowest BCUT2D eigenvalue weighted by molar-refractivity contribution is 0.411. The van der Waals surface area contributed by atoms with Gasteiger partial charge in [0.2, 0.25) is 0 Å². The number of hydrogen-bond acceptors (Lipinski definition) is 3. The van der Waals surface area contributed by atoms with E-state index in [1.165, 1.54) is 10.5 Å². The Morgan fingerprint density at radius 2 is 2.20 bits per heavy atom. The fourth-order valence-corrected chi connectivity index (χ4v) is 2.45. The van der Waals surface area contributed by atoms with Crippen LogP contribution < -0.4 is 10.5 Å². The van der Waals surface area contributed by atoms with E-state index in [1.807, 2.05) is 17.8 Å². The lowest BCUT2D eigenvalue weighted by Crippen LogP contribution is -2.15. The molecular weight excluding hydrogens is 206 g/mol. The van der Waals surface area contributed by atoms with Gasteiger partial charge in [-0.25, -0.2) is 0 Å². The van der Waals surface area contributed by atoms with Crippen LogP contribution in [0.4, 0.5) is 0 Å². The van der Waals surface area contributed by atoms with Crippen LogP contribution in [0.1, 0.15) is 18.9 Å². The van der Waals surface area contributed by atoms with Crippen LogP contribution in [0, 0.1) is 6.92 Å². The molecule has 0 amide bonds. The normalized spacial score (nSPS) is 12.5. The summed E-state index contributed by atoms with van der Waals surface area (Å²) in [5, 5.41) is 0.512. The first-order valence-corrected chi connectivity index (χ1v) is 6.10. The molecule has 1 unspecified atom stereocenters. The molecule has 0 bridgehead atoms. The summed E-state index contributed by atoms with van der Waals surface area (Å²) in [5.41, 5.74) is 6.86. The predicted molar refractivity (Wildman–Crippen MR) is 66.7 cm³/mol. The van der Waals surface area contributed by atoms with E-state index in [2.05, 4.69) is 26.0 Å². The van der Waals surface area contributed by atoms with E-state index < -0.39 is 0 Å². The molecule has 1 rings (SSSR count). The molecule has 0 saturated heterocycles. The minimum absolute atomic E-state index is 0.512. The van der Waals surface area contributed by atoms with Crippen LogP contribution in [-0.2, 0) is 0 Å². The maximum absolute atomic E-state index is 5.68. The highest BCUT2D eigenvalue weighted by atomic mass is 32.2. The van der Waals surface area contributed by atoms with Gasteiger partial charge in [-0.3, -0.25) is 0 Å². The first-order valence-electron chi connectivity index (χ1n) is 5.22. The minimum atomic E-state index is 0.512. The van der Waals surface area contributed by atoms with Crippen LogP contribution in [0.2, 0.25) is 0 Å². The van der Waals surface area contributed by atoms with E-state index in [4.69, 9.17) is 10.5 Å². The Morgan fingerprint density at radius 3 is 2.67 bits per heavy atom. The van der Waals surface area contributed by atoms with Crippen molar-refractivity contribution in [1.82, 2.24) is 0 Å². The van der Waals surface area contributed by atoms with Crippen molar-refractivity contribution in [2.45, 2.75) is 30.4 Å². The Balaban J connectivity index is 2.74. The highest BCUT2D eigenvalue weighted by molar-refractivity contribution is 8.00. The third kappa shape index (κ3) is 3.43. The highest BCUT2D eigenvalue weighted by Crippen LogP contribution is 2.28. The lowest BCUT2D eigenvalue weighted by atomic mass is 10.2. The summed E-state index contributed by atoms with van der Waals surface area (Å²) in [6.07, 6.45) is 1.10. The molecular formula is C12H19NOS. The predicted octanol–water partition coefficient (Wildman–Crippen LogP) is 2.83. The summed E-state index contributed by atoms with van der Waals surface area (Å²) >= 11 is 1.84. The maximum Gasteiger partial charge on any atom is 0.121 e. The molecule has 1 atom stereocenters. The van der Waals surface area contributed by atoms with Gasteiger partial charge < -0.3 is 10.5 Å². The Labute approximate surface area is 96.2 Å². The Morgan fingerprint density at radius 1 is 1.47 bits per heavy atom. The number of rotatable bonds is 5. The summed E-state index contributed by atoms with van der Waals surface area (Å²) < 4.78 is 5.22. The molecule has 0 spiro atoms. The largest absolute Gasteiger partial charge is 0.496 e. The molecule has 0 heterocycles. The van der Waals surface area contributed by atoms with Gasteiger partial charge in [0.15, 0.2) is 0 Å². The number of benzene rings is 1. The SMILES string of the molecule is CCC(CN)Sc1ccc(OC)c(C)c1. The topological polar surface area (TPSA) is 35.2 Å². The molecule has 0 aliphatic carbocycles. The van der Waals surface area contributed by atoms with Crippen molar-refractivity contribution >= 4 is 11.8 Å². The van der Waals surface area contributed by atoms with Crippen LogP contribution in [0.15, 0.2) is 23.1 Å². The second-order valence-corrected chi connectivity index (χ2v) is 4.89. The van der Waals surface area contributed by atoms with Gasteiger partial charge in [-0.2, -0.15) is 0 Å². The van der Waals surface area contributed by atoms with Crippen LogP contribution >= 0.6 is 11.8 Å². The van der Waals surface area contributed by atoms with Gasteiger partial charge in [0, 0.05) is 16.7 Å². The monoisotopic (exact) mass is 225 g/mol. The summed E-state index contributed by atoms with van der Waals surface area (Å²) in [4.78, 5) is 1.27. The van der Waals surface area contributed by atoms with E-state index in [-0.39, 0.29) is 0 Å². The number of aryl methyl sites for hydroxylation is 1. The minimum Gasteiger partial charge on any atom is -0.496 e. The van der Waals surface area contributed by atoms with Gasteiger partial charge in [-0.05, 0) is 37.1 Å². The summed E-state index contributed by atoms with van der Waals surface area (Å²) in [6.45, 7) is 4.96. The van der Waals surface area contributed by atoms with E-state index in [1.54, 1.807) is 7.11 Å². The Kier molecular flexibility index (Phi) is 4.99. The number of methoxy groups -OCH3 is 1. The Hall–Kier alpha value is -0.670. The van der Waals surface area contributed by atoms with Crippen molar-refractivity contribution in [3.8, 4) is 5.75 Å². The molecule has 1 aromatic rings. The van der Waals surface area contributed by atoms with E-state index >= 15 is 0 Å². The molecule has 2 nitrogen and oxygen atoms in total. The average Bonchev–Trinajstić information content (AvgIpc) is 2.26. The molecule has 0 aliphatic rings. The fourth-order valence-electron chi connectivity index (χ4n) is 1.41. The molecule has 15 heavy (non-hydrogen) atoms. The molecule has 0 saturated carbocycles. The zero-order valence-corrected chi connectivity index (χ0v) is 10.4. The van der Waals surface area contributed by atoms with Crippen molar-refractivity contribution < 1.29 is 4.74 Å². The summed E-state index contributed by atoms with van der Waals surface area (Å²) in [7, 11) is 1.70. The zero-order valence-electron chi connectivity index (χ0n) is 9.62. The first kappa shape index (κ1) is 12.4. The quantitative estimate of drug-likeness (QED) is 0.783. The second kappa shape index (κ2) is 6.03. The number of nitrogens with two attached hydrogens (primary N) is 1. The number of hydrogen-bond donors (Lipinski definition) is 1. The third-order valence-electron chi connectivity index (χ3n) is 2.39. The van der Waals surface area contributed by atoms with Crippen LogP contribution in [0.3, 0.4) is 0 Å². The number of thioether (sulfide) groups is 1. The molecule has 0 aromatic heterocycles.